The van der Waals surface area contributed by atoms with Crippen LogP contribution >= 0.6 is 11.8 Å². The second-order valence-corrected chi connectivity index (χ2v) is 7.37. The van der Waals surface area contributed by atoms with Gasteiger partial charge in [0.15, 0.2) is 16.7 Å². The Morgan fingerprint density at radius 3 is 2.19 bits per heavy atom. The first-order chi connectivity index (χ1) is 14.9. The van der Waals surface area contributed by atoms with Crippen LogP contribution in [0.2, 0.25) is 0 Å². The lowest BCUT2D eigenvalue weighted by atomic mass is 10.1. The third-order valence-electron chi connectivity index (χ3n) is 4.53. The Bertz CT molecular complexity index is 1040. The maximum absolute atomic E-state index is 12.9. The van der Waals surface area contributed by atoms with Gasteiger partial charge in [0.05, 0.1) is 37.5 Å². The summed E-state index contributed by atoms with van der Waals surface area (Å²) in [6, 6.07) is 9.70. The van der Waals surface area contributed by atoms with Gasteiger partial charge >= 0.3 is 5.97 Å². The molecule has 0 saturated carbocycles. The van der Waals surface area contributed by atoms with E-state index in [1.807, 2.05) is 6.92 Å². The van der Waals surface area contributed by atoms with Crippen molar-refractivity contribution in [2.75, 3.05) is 27.9 Å². The Hall–Kier alpha value is -3.46. The van der Waals surface area contributed by atoms with Crippen molar-refractivity contribution < 1.29 is 28.9 Å². The van der Waals surface area contributed by atoms with Gasteiger partial charge < -0.3 is 19.3 Å². The fraction of sp³-hybridized carbons (Fsp3) is 0.227. The lowest BCUT2D eigenvalue weighted by Gasteiger charge is -2.13. The quantitative estimate of drug-likeness (QED) is 0.647. The number of ether oxygens (including phenoxy) is 3. The second-order valence-electron chi connectivity index (χ2n) is 6.37. The number of nitrogens with zero attached hydrogens (tertiary/aromatic N) is 2. The zero-order valence-corrected chi connectivity index (χ0v) is 18.4. The lowest BCUT2D eigenvalue weighted by Crippen LogP contribution is -2.28. The van der Waals surface area contributed by atoms with Crippen LogP contribution in [0.4, 0.5) is 5.69 Å². The number of hydrogen-bond acceptors (Lipinski definition) is 7. The molecule has 0 bridgehead atoms. The summed E-state index contributed by atoms with van der Waals surface area (Å²) >= 11 is 1.25. The molecule has 2 aromatic carbocycles. The Balaban J connectivity index is 1.96. The van der Waals surface area contributed by atoms with Gasteiger partial charge in [0.2, 0.25) is 5.75 Å². The first-order valence-corrected chi connectivity index (χ1v) is 10.2. The Morgan fingerprint density at radius 2 is 1.71 bits per heavy atom. The number of carbonyl (C=O) groups is 2. The smallest absolute Gasteiger partial charge is 0.335 e. The molecule has 0 unspecified atom stereocenters. The largest absolute Gasteiger partial charge is 0.493 e. The summed E-state index contributed by atoms with van der Waals surface area (Å²) in [6.07, 6.45) is 1.75. The number of carboxylic acid groups (broad SMARTS) is 1. The van der Waals surface area contributed by atoms with Gasteiger partial charge in [-0.05, 0) is 66.7 Å². The van der Waals surface area contributed by atoms with Crippen molar-refractivity contribution in [2.45, 2.75) is 6.92 Å². The molecule has 162 valence electrons. The number of benzene rings is 2. The third kappa shape index (κ3) is 4.66. The van der Waals surface area contributed by atoms with E-state index in [4.69, 9.17) is 19.3 Å². The van der Waals surface area contributed by atoms with E-state index in [9.17, 15) is 9.59 Å². The minimum Gasteiger partial charge on any atom is -0.493 e. The number of likely N-dealkylation sites (N-methyl/N-ethyl adjacent to an activating group) is 1. The Kier molecular flexibility index (Phi) is 6.86. The molecule has 0 aromatic heterocycles. The Labute approximate surface area is 184 Å². The third-order valence-corrected chi connectivity index (χ3v) is 5.53. The molecule has 1 N–H and O–H groups in total. The highest BCUT2D eigenvalue weighted by Crippen LogP contribution is 2.40. The summed E-state index contributed by atoms with van der Waals surface area (Å²) in [4.78, 5) is 30.5. The summed E-state index contributed by atoms with van der Waals surface area (Å²) in [5, 5.41) is 9.55. The van der Waals surface area contributed by atoms with Gasteiger partial charge in [-0.2, -0.15) is 0 Å². The number of methoxy groups -OCH3 is 3. The average molecular weight is 442 g/mol. The zero-order valence-electron chi connectivity index (χ0n) is 17.5. The molecule has 1 saturated heterocycles. The summed E-state index contributed by atoms with van der Waals surface area (Å²) in [5.41, 5.74) is 1.45. The molecule has 1 fully saturated rings. The van der Waals surface area contributed by atoms with Crippen LogP contribution in [0.5, 0.6) is 17.2 Å². The van der Waals surface area contributed by atoms with Crippen LogP contribution < -0.4 is 14.2 Å². The van der Waals surface area contributed by atoms with E-state index in [1.54, 1.807) is 35.2 Å². The number of carbonyl (C=O) groups excluding carboxylic acids is 1. The van der Waals surface area contributed by atoms with Crippen molar-refractivity contribution >= 4 is 40.6 Å². The molecule has 2 aromatic rings. The maximum atomic E-state index is 12.9. The van der Waals surface area contributed by atoms with Gasteiger partial charge in [-0.15, -0.1) is 0 Å². The van der Waals surface area contributed by atoms with Crippen LogP contribution in [-0.2, 0) is 4.79 Å². The fourth-order valence-electron chi connectivity index (χ4n) is 3.00. The number of aromatic carboxylic acids is 1. The average Bonchev–Trinajstić information content (AvgIpc) is 3.06. The summed E-state index contributed by atoms with van der Waals surface area (Å²) < 4.78 is 16.1. The van der Waals surface area contributed by atoms with Crippen molar-refractivity contribution in [3.63, 3.8) is 0 Å². The van der Waals surface area contributed by atoms with Crippen LogP contribution in [0.3, 0.4) is 0 Å². The first-order valence-electron chi connectivity index (χ1n) is 9.35. The molecule has 0 spiro atoms. The van der Waals surface area contributed by atoms with Gasteiger partial charge in [-0.25, -0.2) is 9.79 Å². The molecule has 31 heavy (non-hydrogen) atoms. The van der Waals surface area contributed by atoms with Crippen LogP contribution in [0.1, 0.15) is 22.8 Å². The predicted molar refractivity (Wildman–Crippen MR) is 120 cm³/mol. The van der Waals surface area contributed by atoms with Gasteiger partial charge in [0.1, 0.15) is 0 Å². The number of amides is 1. The summed E-state index contributed by atoms with van der Waals surface area (Å²) in [6.45, 7) is 2.31. The molecule has 1 aliphatic heterocycles. The van der Waals surface area contributed by atoms with E-state index in [0.29, 0.717) is 45.1 Å². The molecule has 1 amide bonds. The van der Waals surface area contributed by atoms with E-state index in [2.05, 4.69) is 4.99 Å². The minimum atomic E-state index is -1.00. The van der Waals surface area contributed by atoms with Crippen molar-refractivity contribution in [3.8, 4) is 17.2 Å². The normalized spacial score (nSPS) is 16.1. The summed E-state index contributed by atoms with van der Waals surface area (Å²) in [7, 11) is 4.59. The van der Waals surface area contributed by atoms with Crippen molar-refractivity contribution in [1.29, 1.82) is 0 Å². The van der Waals surface area contributed by atoms with E-state index in [1.165, 1.54) is 45.2 Å². The van der Waals surface area contributed by atoms with Gasteiger partial charge in [0.25, 0.3) is 5.91 Å². The van der Waals surface area contributed by atoms with Crippen molar-refractivity contribution in [3.05, 3.63) is 52.4 Å². The van der Waals surface area contributed by atoms with Crippen LogP contribution in [0, 0.1) is 0 Å². The summed E-state index contributed by atoms with van der Waals surface area (Å²) in [5.74, 6) is 0.283. The van der Waals surface area contributed by atoms with E-state index in [0.717, 1.165) is 0 Å². The van der Waals surface area contributed by atoms with Crippen LogP contribution in [-0.4, -0.2) is 54.9 Å². The van der Waals surface area contributed by atoms with Gasteiger partial charge in [0, 0.05) is 6.54 Å². The van der Waals surface area contributed by atoms with E-state index >= 15 is 0 Å². The van der Waals surface area contributed by atoms with Crippen LogP contribution in [0.25, 0.3) is 6.08 Å². The molecule has 9 heteroatoms. The molecule has 0 aliphatic carbocycles. The zero-order chi connectivity index (χ0) is 22.5. The topological polar surface area (TPSA) is 97.7 Å². The molecule has 1 aliphatic rings. The van der Waals surface area contributed by atoms with Crippen LogP contribution in [0.15, 0.2) is 46.3 Å². The standard InChI is InChI=1S/C22H22N2O6S/c1-5-24-20(25)18(12-13-10-16(28-2)19(30-4)17(11-13)29-3)31-22(24)23-15-8-6-14(7-9-15)21(26)27/h6-12H,5H2,1-4H3,(H,26,27)/b18-12-,23-22?. The SMILES string of the molecule is CCN1C(=O)/C(=C/c2cc(OC)c(OC)c(OC)c2)SC1=Nc1ccc(C(=O)O)cc1. The maximum Gasteiger partial charge on any atom is 0.335 e. The Morgan fingerprint density at radius 1 is 1.10 bits per heavy atom. The van der Waals surface area contributed by atoms with Gasteiger partial charge in [-0.1, -0.05) is 0 Å². The number of carboxylic acids is 1. The van der Waals surface area contributed by atoms with E-state index in [-0.39, 0.29) is 11.5 Å². The molecule has 8 nitrogen and oxygen atoms in total. The number of hydrogen-bond donors (Lipinski definition) is 1. The second kappa shape index (κ2) is 9.57. The highest BCUT2D eigenvalue weighted by atomic mass is 32.2. The monoisotopic (exact) mass is 442 g/mol. The number of amidine groups is 1. The number of rotatable bonds is 7. The van der Waals surface area contributed by atoms with E-state index < -0.39 is 5.97 Å². The minimum absolute atomic E-state index is 0.165. The number of aliphatic imine (C=N–C) groups is 1. The van der Waals surface area contributed by atoms with Crippen molar-refractivity contribution in [2.24, 2.45) is 4.99 Å². The molecule has 3 rings (SSSR count). The lowest BCUT2D eigenvalue weighted by molar-refractivity contribution is -0.122. The van der Waals surface area contributed by atoms with Crippen molar-refractivity contribution in [1.82, 2.24) is 4.90 Å². The molecule has 0 radical (unpaired) electrons. The molecular weight excluding hydrogens is 420 g/mol. The van der Waals surface area contributed by atoms with Gasteiger partial charge in [-0.3, -0.25) is 9.69 Å². The first kappa shape index (κ1) is 22.2. The molecule has 1 heterocycles. The fourth-order valence-corrected chi connectivity index (χ4v) is 4.06. The molecule has 0 atom stereocenters. The number of thioether (sulfide) groups is 1. The molecular formula is C22H22N2O6S. The highest BCUT2D eigenvalue weighted by molar-refractivity contribution is 8.18. The highest BCUT2D eigenvalue weighted by Gasteiger charge is 2.32. The predicted octanol–water partition coefficient (Wildman–Crippen LogP) is 4.03.